The van der Waals surface area contributed by atoms with Crippen molar-refractivity contribution in [2.45, 2.75) is 39.5 Å². The van der Waals surface area contributed by atoms with Gasteiger partial charge in [-0.15, -0.1) is 11.3 Å². The summed E-state index contributed by atoms with van der Waals surface area (Å²) in [4.78, 5) is 55.2. The largest absolute Gasteiger partial charge is 0.497 e. The molecule has 6 rings (SSSR count). The molecule has 3 aromatic heterocycles. The minimum Gasteiger partial charge on any atom is -0.497 e. The number of ether oxygens (including phenoxy) is 2. The molecular weight excluding hydrogens is 627 g/mol. The lowest BCUT2D eigenvalue weighted by atomic mass is 9.98. The molecule has 0 saturated heterocycles. The second-order valence-corrected chi connectivity index (χ2v) is 11.9. The van der Waals surface area contributed by atoms with Gasteiger partial charge in [0.15, 0.2) is 5.82 Å². The molecule has 3 heterocycles. The minimum atomic E-state index is -0.949. The highest BCUT2D eigenvalue weighted by Gasteiger charge is 2.23. The standard InChI is InChI=1S/C34H29FN4O7S/c1-4-24-16-27-31(41)38(18-29(45-19(2)40)20-11-13-23(44-3)14-12-20)34(43)39(32(27)47-24)17-22-10-9-21(15-28(22)35)25-7-5-6-8-26(25)30-36-33(42)46-37-30/h5-16,29H,4,17-18H2,1-3H3,(H,36,37,42). The molecule has 0 fully saturated rings. The van der Waals surface area contributed by atoms with Crippen molar-refractivity contribution in [2.24, 2.45) is 0 Å². The Kier molecular flexibility index (Phi) is 8.72. The van der Waals surface area contributed by atoms with Crippen LogP contribution >= 0.6 is 11.3 Å². The van der Waals surface area contributed by atoms with Gasteiger partial charge < -0.3 is 9.47 Å². The van der Waals surface area contributed by atoms with E-state index in [0.717, 1.165) is 9.44 Å². The molecule has 11 nitrogen and oxygen atoms in total. The van der Waals surface area contributed by atoms with Gasteiger partial charge in [0.05, 0.1) is 25.6 Å². The number of carbonyl (C=O) groups excluding carboxylic acids is 1. The number of hydrogen-bond donors (Lipinski definition) is 1. The number of hydrogen-bond acceptors (Lipinski definition) is 9. The van der Waals surface area contributed by atoms with Crippen LogP contribution in [0.1, 0.15) is 36.0 Å². The summed E-state index contributed by atoms with van der Waals surface area (Å²) in [6.45, 7) is 2.78. The SMILES string of the molecule is CCc1cc2c(=O)n(CC(OC(C)=O)c3ccc(OC)cc3)c(=O)n(Cc3ccc(-c4ccccc4-c4noc(=O)[nH]4)cc3F)c2s1. The first-order chi connectivity index (χ1) is 22.7. The molecule has 3 aromatic carbocycles. The van der Waals surface area contributed by atoms with Gasteiger partial charge in [-0.3, -0.25) is 28.2 Å². The zero-order valence-electron chi connectivity index (χ0n) is 25.6. The van der Waals surface area contributed by atoms with E-state index < -0.39 is 34.9 Å². The number of esters is 1. The zero-order chi connectivity index (χ0) is 33.2. The smallest absolute Gasteiger partial charge is 0.439 e. The Morgan fingerprint density at radius 3 is 2.40 bits per heavy atom. The Bertz CT molecular complexity index is 2280. The number of nitrogens with one attached hydrogen (secondary N) is 1. The van der Waals surface area contributed by atoms with Gasteiger partial charge in [0.25, 0.3) is 5.56 Å². The number of aryl methyl sites for hydroxylation is 1. The highest BCUT2D eigenvalue weighted by atomic mass is 32.1. The molecule has 0 aliphatic heterocycles. The van der Waals surface area contributed by atoms with Crippen LogP contribution in [0.3, 0.4) is 0 Å². The number of thiophene rings is 1. The van der Waals surface area contributed by atoms with E-state index in [1.54, 1.807) is 66.7 Å². The number of H-pyrrole nitrogens is 1. The van der Waals surface area contributed by atoms with Crippen molar-refractivity contribution in [2.75, 3.05) is 7.11 Å². The lowest BCUT2D eigenvalue weighted by Crippen LogP contribution is -2.41. The van der Waals surface area contributed by atoms with Gasteiger partial charge in [-0.25, -0.2) is 14.0 Å². The van der Waals surface area contributed by atoms with Crippen molar-refractivity contribution in [3.8, 4) is 28.3 Å². The number of aromatic amines is 1. The third-order valence-corrected chi connectivity index (χ3v) is 9.06. The van der Waals surface area contributed by atoms with E-state index >= 15 is 4.39 Å². The molecule has 0 spiro atoms. The predicted molar refractivity (Wildman–Crippen MR) is 174 cm³/mol. The third-order valence-electron chi connectivity index (χ3n) is 7.75. The van der Waals surface area contributed by atoms with E-state index in [4.69, 9.17) is 9.47 Å². The topological polar surface area (TPSA) is 138 Å². The summed E-state index contributed by atoms with van der Waals surface area (Å²) in [5.41, 5.74) is 1.25. The fourth-order valence-corrected chi connectivity index (χ4v) is 6.50. The first kappa shape index (κ1) is 31.4. The summed E-state index contributed by atoms with van der Waals surface area (Å²) in [5, 5.41) is 4.07. The molecule has 0 aliphatic rings. The van der Waals surface area contributed by atoms with Crippen LogP contribution in [0.5, 0.6) is 5.75 Å². The number of methoxy groups -OCH3 is 1. The molecule has 1 N–H and O–H groups in total. The summed E-state index contributed by atoms with van der Waals surface area (Å²) >= 11 is 1.30. The second kappa shape index (κ2) is 13.0. The molecule has 1 unspecified atom stereocenters. The summed E-state index contributed by atoms with van der Waals surface area (Å²) in [7, 11) is 1.53. The number of rotatable bonds is 10. The van der Waals surface area contributed by atoms with Gasteiger partial charge >= 0.3 is 17.4 Å². The molecule has 13 heteroatoms. The number of aromatic nitrogens is 4. The lowest BCUT2D eigenvalue weighted by molar-refractivity contribution is -0.147. The Hall–Kier alpha value is -5.56. The molecule has 240 valence electrons. The second-order valence-electron chi connectivity index (χ2n) is 10.7. The Balaban J connectivity index is 1.42. The average molecular weight is 657 g/mol. The first-order valence-corrected chi connectivity index (χ1v) is 15.5. The molecule has 0 radical (unpaired) electrons. The van der Waals surface area contributed by atoms with Crippen molar-refractivity contribution in [3.63, 3.8) is 0 Å². The molecule has 0 bridgehead atoms. The van der Waals surface area contributed by atoms with Gasteiger partial charge in [0, 0.05) is 22.9 Å². The molecular formula is C34H29FN4O7S. The average Bonchev–Trinajstić information content (AvgIpc) is 3.71. The molecule has 1 atom stereocenters. The highest BCUT2D eigenvalue weighted by Crippen LogP contribution is 2.31. The van der Waals surface area contributed by atoms with Crippen LogP contribution in [0.25, 0.3) is 32.7 Å². The fourth-order valence-electron chi connectivity index (χ4n) is 5.42. The van der Waals surface area contributed by atoms with Crippen molar-refractivity contribution >= 4 is 27.5 Å². The summed E-state index contributed by atoms with van der Waals surface area (Å²) in [5.74, 6) is -1.07. The Morgan fingerprint density at radius 1 is 1.02 bits per heavy atom. The van der Waals surface area contributed by atoms with Gasteiger partial charge in [0.2, 0.25) is 0 Å². The molecule has 47 heavy (non-hydrogen) atoms. The van der Waals surface area contributed by atoms with Crippen molar-refractivity contribution in [1.82, 2.24) is 19.3 Å². The summed E-state index contributed by atoms with van der Waals surface area (Å²) in [6.07, 6.45) is -0.316. The van der Waals surface area contributed by atoms with Gasteiger partial charge in [-0.05, 0) is 47.4 Å². The van der Waals surface area contributed by atoms with Crippen molar-refractivity contribution in [3.05, 3.63) is 126 Å². The monoisotopic (exact) mass is 656 g/mol. The van der Waals surface area contributed by atoms with E-state index in [9.17, 15) is 19.2 Å². The maximum Gasteiger partial charge on any atom is 0.439 e. The third kappa shape index (κ3) is 6.29. The maximum atomic E-state index is 15.8. The number of benzene rings is 3. The number of halogens is 1. The molecule has 0 saturated carbocycles. The van der Waals surface area contributed by atoms with Gasteiger partial charge in [-0.1, -0.05) is 60.6 Å². The molecule has 0 amide bonds. The molecule has 6 aromatic rings. The van der Waals surface area contributed by atoms with E-state index in [0.29, 0.717) is 44.6 Å². The van der Waals surface area contributed by atoms with Crippen LogP contribution in [0.15, 0.2) is 91.7 Å². The highest BCUT2D eigenvalue weighted by molar-refractivity contribution is 7.18. The van der Waals surface area contributed by atoms with Crippen LogP contribution in [0.2, 0.25) is 0 Å². The Morgan fingerprint density at radius 2 is 1.77 bits per heavy atom. The van der Waals surface area contributed by atoms with Gasteiger partial charge in [0.1, 0.15) is 22.5 Å². The Labute approximate surface area is 270 Å². The summed E-state index contributed by atoms with van der Waals surface area (Å²) in [6, 6.07) is 20.2. The quantitative estimate of drug-likeness (QED) is 0.196. The van der Waals surface area contributed by atoms with Crippen LogP contribution < -0.4 is 21.7 Å². The first-order valence-electron chi connectivity index (χ1n) is 14.7. The normalized spacial score (nSPS) is 11.9. The number of fused-ring (bicyclic) bond motifs is 1. The van der Waals surface area contributed by atoms with Crippen LogP contribution in [0, 0.1) is 5.82 Å². The predicted octanol–water partition coefficient (Wildman–Crippen LogP) is 5.30. The van der Waals surface area contributed by atoms with Crippen molar-refractivity contribution in [1.29, 1.82) is 0 Å². The van der Waals surface area contributed by atoms with E-state index in [2.05, 4.69) is 14.7 Å². The lowest BCUT2D eigenvalue weighted by Gasteiger charge is -2.20. The van der Waals surface area contributed by atoms with E-state index in [1.807, 2.05) is 6.92 Å². The number of nitrogens with zero attached hydrogens (tertiary/aromatic N) is 3. The summed E-state index contributed by atoms with van der Waals surface area (Å²) < 4.78 is 33.7. The fraction of sp³-hybridized carbons (Fsp3) is 0.206. The van der Waals surface area contributed by atoms with Crippen molar-refractivity contribution < 1.29 is 23.2 Å². The molecule has 0 aliphatic carbocycles. The van der Waals surface area contributed by atoms with E-state index in [-0.39, 0.29) is 24.5 Å². The zero-order valence-corrected chi connectivity index (χ0v) is 26.4. The minimum absolute atomic E-state index is 0.162. The van der Waals surface area contributed by atoms with Crippen LogP contribution in [-0.2, 0) is 29.0 Å². The van der Waals surface area contributed by atoms with Crippen LogP contribution in [0.4, 0.5) is 4.39 Å². The van der Waals surface area contributed by atoms with Crippen LogP contribution in [-0.4, -0.2) is 32.4 Å². The number of carbonyl (C=O) groups is 1. The van der Waals surface area contributed by atoms with Gasteiger partial charge in [-0.2, -0.15) is 0 Å². The maximum absolute atomic E-state index is 15.8. The van der Waals surface area contributed by atoms with E-state index in [1.165, 1.54) is 36.0 Å².